The van der Waals surface area contributed by atoms with Crippen molar-refractivity contribution in [1.29, 1.82) is 0 Å². The molecule has 218 valence electrons. The number of hydrogen-bond acceptors (Lipinski definition) is 9. The van der Waals surface area contributed by atoms with E-state index >= 15 is 0 Å². The van der Waals surface area contributed by atoms with E-state index < -0.39 is 21.8 Å². The summed E-state index contributed by atoms with van der Waals surface area (Å²) in [5, 5.41) is 6.12. The lowest BCUT2D eigenvalue weighted by Crippen LogP contribution is -2.31. The van der Waals surface area contributed by atoms with Gasteiger partial charge >= 0.3 is 0 Å². The van der Waals surface area contributed by atoms with Crippen LogP contribution in [-0.4, -0.2) is 55.8 Å². The van der Waals surface area contributed by atoms with E-state index in [0.717, 1.165) is 11.3 Å². The van der Waals surface area contributed by atoms with Gasteiger partial charge in [-0.15, -0.1) is 0 Å². The fourth-order valence-electron chi connectivity index (χ4n) is 4.37. The van der Waals surface area contributed by atoms with Crippen molar-refractivity contribution >= 4 is 38.1 Å². The highest BCUT2D eigenvalue weighted by Gasteiger charge is 2.37. The quantitative estimate of drug-likeness (QED) is 0.319. The minimum atomic E-state index is -3.34. The van der Waals surface area contributed by atoms with Crippen LogP contribution < -0.4 is 15.4 Å². The van der Waals surface area contributed by atoms with E-state index in [4.69, 9.17) is 14.2 Å². The number of sulfone groups is 1. The average Bonchev–Trinajstić information content (AvgIpc) is 3.74. The molecule has 1 unspecified atom stereocenters. The van der Waals surface area contributed by atoms with Crippen molar-refractivity contribution < 1.29 is 32.2 Å². The minimum Gasteiger partial charge on any atom is -0.445 e. The summed E-state index contributed by atoms with van der Waals surface area (Å²) in [4.78, 5) is 30.1. The molecule has 10 nitrogen and oxygen atoms in total. The standard InChI is InChI=1S/C29H33N3O7S2/c1-18(2)31-27(33)20-3-7-21(8-4-20)38-25-17-30-29(40-25)32-28(34)26(39-22-13-15-37-16-14-22)19-5-9-23(10-6-19)41(35,36)24-11-12-24/h3-10,17-18,22,24,26H,11-16H2,1-2H3,(H,31,33)(H,30,32,34). The molecule has 41 heavy (non-hydrogen) atoms. The zero-order chi connectivity index (χ0) is 29.0. The highest BCUT2D eigenvalue weighted by Crippen LogP contribution is 2.35. The second-order valence-electron chi connectivity index (χ2n) is 10.4. The van der Waals surface area contributed by atoms with E-state index in [0.29, 0.717) is 66.0 Å². The fourth-order valence-corrected chi connectivity index (χ4v) is 6.72. The molecule has 1 atom stereocenters. The molecule has 0 bridgehead atoms. The summed E-state index contributed by atoms with van der Waals surface area (Å²) in [6.45, 7) is 4.89. The van der Waals surface area contributed by atoms with Crippen molar-refractivity contribution in [1.82, 2.24) is 10.3 Å². The molecule has 2 fully saturated rings. The van der Waals surface area contributed by atoms with E-state index in [1.54, 1.807) is 48.5 Å². The topological polar surface area (TPSA) is 133 Å². The highest BCUT2D eigenvalue weighted by molar-refractivity contribution is 7.92. The van der Waals surface area contributed by atoms with Crippen LogP contribution in [0.25, 0.3) is 0 Å². The van der Waals surface area contributed by atoms with Crippen LogP contribution in [0.1, 0.15) is 61.6 Å². The maximum Gasteiger partial charge on any atom is 0.259 e. The number of carbonyl (C=O) groups excluding carboxylic acids is 2. The molecule has 5 rings (SSSR count). The first-order chi connectivity index (χ1) is 19.7. The number of nitrogens with one attached hydrogen (secondary N) is 2. The molecule has 3 aromatic rings. The number of carbonyl (C=O) groups is 2. The number of aromatic nitrogens is 1. The first-order valence-electron chi connectivity index (χ1n) is 13.6. The Hall–Kier alpha value is -3.32. The summed E-state index contributed by atoms with van der Waals surface area (Å²) in [6, 6.07) is 13.1. The molecule has 2 aliphatic rings. The van der Waals surface area contributed by atoms with Crippen LogP contribution in [0.3, 0.4) is 0 Å². The smallest absolute Gasteiger partial charge is 0.259 e. The zero-order valence-electron chi connectivity index (χ0n) is 22.9. The van der Waals surface area contributed by atoms with Crippen molar-refractivity contribution in [3.8, 4) is 10.8 Å². The Morgan fingerprint density at radius 2 is 1.68 bits per heavy atom. The van der Waals surface area contributed by atoms with Gasteiger partial charge in [0.05, 0.1) is 22.4 Å². The van der Waals surface area contributed by atoms with E-state index in [-0.39, 0.29) is 28.2 Å². The SMILES string of the molecule is CC(C)NC(=O)c1ccc(Oc2cnc(NC(=O)C(OC3CCOCC3)c3ccc(S(=O)(=O)C4CC4)cc3)s2)cc1. The van der Waals surface area contributed by atoms with Gasteiger partial charge in [0, 0.05) is 24.8 Å². The predicted octanol–water partition coefficient (Wildman–Crippen LogP) is 4.89. The summed E-state index contributed by atoms with van der Waals surface area (Å²) < 4.78 is 42.8. The van der Waals surface area contributed by atoms with Gasteiger partial charge < -0.3 is 19.5 Å². The summed E-state index contributed by atoms with van der Waals surface area (Å²) >= 11 is 1.15. The number of nitrogens with zero attached hydrogens (tertiary/aromatic N) is 1. The van der Waals surface area contributed by atoms with E-state index in [2.05, 4.69) is 15.6 Å². The molecule has 1 aliphatic carbocycles. The Kier molecular flexibility index (Phi) is 9.03. The number of anilines is 1. The van der Waals surface area contributed by atoms with Crippen molar-refractivity contribution in [2.75, 3.05) is 18.5 Å². The van der Waals surface area contributed by atoms with Crippen LogP contribution in [0.15, 0.2) is 59.6 Å². The normalized spacial score (nSPS) is 16.8. The van der Waals surface area contributed by atoms with E-state index in [9.17, 15) is 18.0 Å². The van der Waals surface area contributed by atoms with Gasteiger partial charge in [-0.3, -0.25) is 14.9 Å². The first-order valence-corrected chi connectivity index (χ1v) is 16.0. The van der Waals surface area contributed by atoms with Gasteiger partial charge in [0.25, 0.3) is 11.8 Å². The molecule has 2 N–H and O–H groups in total. The first kappa shape index (κ1) is 29.2. The number of ether oxygens (including phenoxy) is 3. The van der Waals surface area contributed by atoms with Gasteiger partial charge in [0.1, 0.15) is 5.75 Å². The number of amides is 2. The third kappa shape index (κ3) is 7.50. The van der Waals surface area contributed by atoms with Crippen LogP contribution in [0.4, 0.5) is 5.13 Å². The van der Waals surface area contributed by atoms with Crippen molar-refractivity contribution in [3.05, 3.63) is 65.9 Å². The molecule has 1 saturated heterocycles. The van der Waals surface area contributed by atoms with Crippen LogP contribution >= 0.6 is 11.3 Å². The molecule has 0 radical (unpaired) electrons. The Morgan fingerprint density at radius 1 is 1.00 bits per heavy atom. The molecule has 1 aromatic heterocycles. The largest absolute Gasteiger partial charge is 0.445 e. The lowest BCUT2D eigenvalue weighted by Gasteiger charge is -2.27. The van der Waals surface area contributed by atoms with Gasteiger partial charge in [0.2, 0.25) is 5.06 Å². The molecule has 2 amide bonds. The molecule has 2 aromatic carbocycles. The van der Waals surface area contributed by atoms with Gasteiger partial charge in [-0.25, -0.2) is 13.4 Å². The van der Waals surface area contributed by atoms with E-state index in [1.807, 2.05) is 13.8 Å². The zero-order valence-corrected chi connectivity index (χ0v) is 24.5. The van der Waals surface area contributed by atoms with Gasteiger partial charge in [-0.05, 0) is 81.5 Å². The van der Waals surface area contributed by atoms with Crippen LogP contribution in [-0.2, 0) is 24.1 Å². The summed E-state index contributed by atoms with van der Waals surface area (Å²) in [7, 11) is -3.34. The third-order valence-corrected chi connectivity index (χ3v) is 9.75. The Morgan fingerprint density at radius 3 is 2.32 bits per heavy atom. The molecule has 2 heterocycles. The van der Waals surface area contributed by atoms with Gasteiger partial charge in [0.15, 0.2) is 21.1 Å². The number of thiazole rings is 1. The average molecular weight is 600 g/mol. The Bertz CT molecular complexity index is 1460. The maximum atomic E-state index is 13.4. The number of hydrogen-bond donors (Lipinski definition) is 2. The predicted molar refractivity (Wildman–Crippen MR) is 154 cm³/mol. The number of rotatable bonds is 11. The van der Waals surface area contributed by atoms with Crippen molar-refractivity contribution in [2.45, 2.75) is 67.9 Å². The second kappa shape index (κ2) is 12.7. The highest BCUT2D eigenvalue weighted by atomic mass is 32.2. The van der Waals surface area contributed by atoms with Crippen molar-refractivity contribution in [2.24, 2.45) is 0 Å². The molecule has 12 heteroatoms. The van der Waals surface area contributed by atoms with Crippen LogP contribution in [0.2, 0.25) is 0 Å². The molecular weight excluding hydrogens is 566 g/mol. The molecule has 0 spiro atoms. The summed E-state index contributed by atoms with van der Waals surface area (Å²) in [6.07, 6.45) is 3.05. The van der Waals surface area contributed by atoms with Gasteiger partial charge in [-0.1, -0.05) is 23.5 Å². The van der Waals surface area contributed by atoms with Crippen LogP contribution in [0, 0.1) is 0 Å². The third-order valence-electron chi connectivity index (χ3n) is 6.68. The van der Waals surface area contributed by atoms with Crippen molar-refractivity contribution in [3.63, 3.8) is 0 Å². The lowest BCUT2D eigenvalue weighted by molar-refractivity contribution is -0.136. The van der Waals surface area contributed by atoms with Crippen LogP contribution in [0.5, 0.6) is 10.8 Å². The Labute approximate surface area is 243 Å². The summed E-state index contributed by atoms with van der Waals surface area (Å²) in [5.74, 6) is -0.0589. The number of benzene rings is 2. The molecule has 1 saturated carbocycles. The second-order valence-corrected chi connectivity index (χ2v) is 13.6. The van der Waals surface area contributed by atoms with E-state index in [1.165, 1.54) is 6.20 Å². The fraction of sp³-hybridized carbons (Fsp3) is 0.414. The lowest BCUT2D eigenvalue weighted by atomic mass is 10.1. The maximum absolute atomic E-state index is 13.4. The Balaban J connectivity index is 1.26. The molecule has 1 aliphatic heterocycles. The minimum absolute atomic E-state index is 0.0359. The molecular formula is C29H33N3O7S2. The summed E-state index contributed by atoms with van der Waals surface area (Å²) in [5.41, 5.74) is 1.08. The monoisotopic (exact) mass is 599 g/mol. The van der Waals surface area contributed by atoms with Gasteiger partial charge in [-0.2, -0.15) is 0 Å².